The summed E-state index contributed by atoms with van der Waals surface area (Å²) in [5.41, 5.74) is -0.433. The highest BCUT2D eigenvalue weighted by molar-refractivity contribution is 6.20. The van der Waals surface area contributed by atoms with Crippen LogP contribution in [0.1, 0.15) is 231 Å². The van der Waals surface area contributed by atoms with Gasteiger partial charge in [0, 0.05) is 40.4 Å². The van der Waals surface area contributed by atoms with Gasteiger partial charge in [-0.3, -0.25) is 14.5 Å². The zero-order valence-corrected chi connectivity index (χ0v) is 49.1. The summed E-state index contributed by atoms with van der Waals surface area (Å²) >= 11 is 5.27. The molecule has 0 N–H and O–H groups in total. The fourth-order valence-corrected chi connectivity index (χ4v) is 4.17. The Morgan fingerprint density at radius 1 is 0.641 bits per heavy atom. The first kappa shape index (κ1) is 76.3. The number of Topliss-reactive ketones (excluding diaryl/α,β-unsaturated/α-hetero) is 1. The maximum atomic E-state index is 11.0. The number of halogens is 2. The number of esters is 1. The van der Waals surface area contributed by atoms with Crippen LogP contribution in [-0.4, -0.2) is 54.9 Å². The fraction of sp³-hybridized carbons (Fsp3) is 0.862. The van der Waals surface area contributed by atoms with Gasteiger partial charge < -0.3 is 4.74 Å². The molecule has 0 amide bonds. The molecule has 0 aromatic carbocycles. The number of hydrogen-bond donors (Lipinski definition) is 0. The summed E-state index contributed by atoms with van der Waals surface area (Å²) in [6.07, 6.45) is 8.89. The highest BCUT2D eigenvalue weighted by Crippen LogP contribution is 2.34. The van der Waals surface area contributed by atoms with E-state index in [0.717, 1.165) is 29.6 Å². The summed E-state index contributed by atoms with van der Waals surface area (Å²) in [7, 11) is 5.50. The molecule has 4 nitrogen and oxygen atoms in total. The maximum absolute atomic E-state index is 11.0. The molecule has 0 saturated heterocycles. The van der Waals surface area contributed by atoms with Crippen LogP contribution in [0.5, 0.6) is 0 Å². The largest absolute Gasteiger partial charge is 0.469 e. The number of carbonyl (C=O) groups excluding carboxylic acids is 2. The highest BCUT2D eigenvalue weighted by Gasteiger charge is 2.21. The van der Waals surface area contributed by atoms with Crippen LogP contribution in [0.15, 0.2) is 0 Å². The maximum Gasteiger partial charge on any atom is 0.307 e. The zero-order valence-electron chi connectivity index (χ0n) is 48.4. The molecule has 0 unspecified atom stereocenters. The van der Waals surface area contributed by atoms with Gasteiger partial charge in [-0.05, 0) is 126 Å². The van der Waals surface area contributed by atoms with Crippen molar-refractivity contribution in [3.8, 4) is 35.5 Å². The lowest BCUT2D eigenvalue weighted by molar-refractivity contribution is -0.142. The van der Waals surface area contributed by atoms with Crippen LogP contribution in [0.4, 0.5) is 4.39 Å². The number of methoxy groups -OCH3 is 1. The van der Waals surface area contributed by atoms with Crippen molar-refractivity contribution >= 4 is 23.4 Å². The molecule has 0 atom stereocenters. The summed E-state index contributed by atoms with van der Waals surface area (Å²) in [4.78, 5) is 23.9. The van der Waals surface area contributed by atoms with Crippen molar-refractivity contribution in [1.82, 2.24) is 4.90 Å². The first-order valence-electron chi connectivity index (χ1n) is 24.8. The van der Waals surface area contributed by atoms with Gasteiger partial charge in [-0.15, -0.1) is 11.6 Å². The van der Waals surface area contributed by atoms with Crippen molar-refractivity contribution in [3.63, 3.8) is 0 Å². The van der Waals surface area contributed by atoms with Gasteiger partial charge in [-0.25, -0.2) is 4.39 Å². The van der Waals surface area contributed by atoms with E-state index in [9.17, 15) is 14.0 Å². The Morgan fingerprint density at radius 3 is 1.16 bits per heavy atom. The third-order valence-electron chi connectivity index (χ3n) is 8.30. The Morgan fingerprint density at radius 2 is 0.953 bits per heavy atom. The second kappa shape index (κ2) is 44.8. The van der Waals surface area contributed by atoms with Crippen molar-refractivity contribution in [2.45, 2.75) is 248 Å². The number of hydrogen-bond acceptors (Lipinski definition) is 4. The van der Waals surface area contributed by atoms with Gasteiger partial charge in [0.1, 0.15) is 5.78 Å². The SMILES string of the molecule is CC(=O)CC(C)(C)C#CC(C)C.CC(C)C#CC(C)(C)N(C)C.CC(C)CC(C)C.CC(C)CCC1CC1.CC(C)Cl.CC(C)F.CCC(C)C.COC(=O)CC(C)(C)C#CC(C)C. The first-order chi connectivity index (χ1) is 28.7. The molecule has 0 aromatic rings. The minimum atomic E-state index is -0.667. The molecule has 6 heteroatoms. The summed E-state index contributed by atoms with van der Waals surface area (Å²) in [6.45, 7) is 53.3. The fourth-order valence-electron chi connectivity index (χ4n) is 4.17. The molecule has 1 fully saturated rings. The van der Waals surface area contributed by atoms with E-state index in [0.29, 0.717) is 36.0 Å². The Labute approximate surface area is 408 Å². The number of alkyl halides is 2. The Balaban J connectivity index is -0.000000120. The molecule has 0 aliphatic heterocycles. The van der Waals surface area contributed by atoms with Gasteiger partial charge >= 0.3 is 5.97 Å². The van der Waals surface area contributed by atoms with Crippen LogP contribution in [-0.2, 0) is 14.3 Å². The average molecular weight is 927 g/mol. The zero-order chi connectivity index (χ0) is 52.6. The van der Waals surface area contributed by atoms with Crippen LogP contribution in [0.2, 0.25) is 0 Å². The van der Waals surface area contributed by atoms with Gasteiger partial charge in [0.15, 0.2) is 0 Å². The van der Waals surface area contributed by atoms with Crippen molar-refractivity contribution in [2.75, 3.05) is 21.2 Å². The quantitative estimate of drug-likeness (QED) is 0.118. The van der Waals surface area contributed by atoms with E-state index in [1.165, 1.54) is 59.5 Å². The molecule has 1 saturated carbocycles. The minimum absolute atomic E-state index is 0.00424. The summed E-state index contributed by atoms with van der Waals surface area (Å²) in [5, 5.41) is 0.306. The van der Waals surface area contributed by atoms with Gasteiger partial charge in [-0.1, -0.05) is 171 Å². The molecule has 1 rings (SSSR count). The number of ketones is 1. The van der Waals surface area contributed by atoms with E-state index >= 15 is 0 Å². The Hall–Kier alpha value is -2.00. The van der Waals surface area contributed by atoms with Gasteiger partial charge in [0.05, 0.1) is 25.2 Å². The standard InChI is InChI=1S/C11H18O2.C11H18O.C10H19N.C8H16.C7H16.C5H12.C3H7Cl.C3H7F/c1-9(2)6-7-11(3,4)8-10(12)13-5;1-9(2)6-7-11(4,5)8-10(3)12;1-9(2)7-8-10(3,4)11(5)6;1-7(2)3-4-8-5-6-8;1-6(2)5-7(3)4;1-4-5(2)3;2*1-3(2)4/h9H,8H2,1-5H3;9H,8H2,1-5H3;9H,1-6H3;7-8H,3-6H2,1-2H3;6-7H,5H2,1-4H3;5H,4H2,1-3H3;2*3H,1-2H3. The lowest BCUT2D eigenvalue weighted by Crippen LogP contribution is -2.36. The van der Waals surface area contributed by atoms with E-state index in [1.54, 1.807) is 6.92 Å². The number of carbonyl (C=O) groups is 2. The lowest BCUT2D eigenvalue weighted by Gasteiger charge is -2.26. The van der Waals surface area contributed by atoms with Crippen molar-refractivity contribution in [2.24, 2.45) is 58.2 Å². The molecule has 0 spiro atoms. The van der Waals surface area contributed by atoms with E-state index in [1.807, 2.05) is 55.4 Å². The van der Waals surface area contributed by atoms with Crippen LogP contribution in [0.25, 0.3) is 0 Å². The summed E-state index contributed by atoms with van der Waals surface area (Å²) < 4.78 is 15.6. The Bertz CT molecular complexity index is 1250. The Kier molecular flexibility index (Phi) is 53.4. The molecule has 0 aromatic heterocycles. The average Bonchev–Trinajstić information content (AvgIpc) is 3.93. The predicted molar refractivity (Wildman–Crippen MR) is 289 cm³/mol. The van der Waals surface area contributed by atoms with Crippen molar-refractivity contribution in [3.05, 3.63) is 0 Å². The van der Waals surface area contributed by atoms with Gasteiger partial charge in [-0.2, -0.15) is 0 Å². The second-order valence-corrected chi connectivity index (χ2v) is 23.3. The smallest absolute Gasteiger partial charge is 0.307 e. The molecular weight excluding hydrogens is 813 g/mol. The third kappa shape index (κ3) is 90.7. The molecule has 1 aliphatic carbocycles. The number of rotatable bonds is 11. The monoisotopic (exact) mass is 926 g/mol. The first-order valence-corrected chi connectivity index (χ1v) is 25.2. The van der Waals surface area contributed by atoms with E-state index in [4.69, 9.17) is 11.6 Å². The second-order valence-electron chi connectivity index (χ2n) is 22.4. The highest BCUT2D eigenvalue weighted by atomic mass is 35.5. The molecular formula is C58H113ClFNO3. The number of ether oxygens (including phenoxy) is 1. The summed E-state index contributed by atoms with van der Waals surface area (Å²) in [5.74, 6) is 24.6. The molecule has 0 radical (unpaired) electrons. The van der Waals surface area contributed by atoms with Crippen LogP contribution in [0, 0.1) is 93.7 Å². The van der Waals surface area contributed by atoms with Crippen molar-refractivity contribution in [1.29, 1.82) is 0 Å². The van der Waals surface area contributed by atoms with E-state index in [2.05, 4.69) is 163 Å². The molecule has 64 heavy (non-hydrogen) atoms. The minimum Gasteiger partial charge on any atom is -0.469 e. The molecule has 382 valence electrons. The van der Waals surface area contributed by atoms with Crippen LogP contribution < -0.4 is 0 Å². The normalized spacial score (nSPS) is 11.8. The van der Waals surface area contributed by atoms with Gasteiger partial charge in [0.25, 0.3) is 0 Å². The van der Waals surface area contributed by atoms with Gasteiger partial charge in [0.2, 0.25) is 0 Å². The van der Waals surface area contributed by atoms with Crippen LogP contribution >= 0.6 is 11.6 Å². The molecule has 0 heterocycles. The van der Waals surface area contributed by atoms with E-state index < -0.39 is 6.17 Å². The van der Waals surface area contributed by atoms with Crippen LogP contribution in [0.3, 0.4) is 0 Å². The summed E-state index contributed by atoms with van der Waals surface area (Å²) in [6, 6.07) is 0. The molecule has 0 bridgehead atoms. The van der Waals surface area contributed by atoms with Crippen molar-refractivity contribution < 1.29 is 18.7 Å². The third-order valence-corrected chi connectivity index (χ3v) is 8.30. The van der Waals surface area contributed by atoms with E-state index in [-0.39, 0.29) is 28.1 Å². The number of nitrogens with zero attached hydrogens (tertiary/aromatic N) is 1. The molecule has 1 aliphatic rings. The predicted octanol–water partition coefficient (Wildman–Crippen LogP) is 17.4. The topological polar surface area (TPSA) is 46.6 Å². The lowest BCUT2D eigenvalue weighted by atomic mass is 9.88.